The molecule has 3 aliphatic heterocycles. The van der Waals surface area contributed by atoms with E-state index in [-0.39, 0.29) is 121 Å². The molecule has 3 aromatic heterocycles. The van der Waals surface area contributed by atoms with Gasteiger partial charge in [0, 0.05) is 109 Å². The minimum Gasteiger partial charge on any atom is -0.477 e. The summed E-state index contributed by atoms with van der Waals surface area (Å²) in [6.45, 7) is 6.00. The summed E-state index contributed by atoms with van der Waals surface area (Å²) in [5.74, 6) is 3.44. The Kier molecular flexibility index (Phi) is 44.3. The molecule has 562 valence electrons. The van der Waals surface area contributed by atoms with Crippen LogP contribution in [0.2, 0.25) is 0 Å². The van der Waals surface area contributed by atoms with E-state index in [1.807, 2.05) is 252 Å². The molecule has 3 radical (unpaired) electrons. The van der Waals surface area contributed by atoms with Crippen LogP contribution in [-0.4, -0.2) is 99.3 Å². The van der Waals surface area contributed by atoms with Gasteiger partial charge in [0.1, 0.15) is 40.9 Å². The molecule has 2 aliphatic carbocycles. The largest absolute Gasteiger partial charge is 0.477 e. The molecular weight excluding hydrogens is 2090 g/mol. The van der Waals surface area contributed by atoms with Crippen molar-refractivity contribution >= 4 is 132 Å². The SMILES string of the molecule is C.C.[Ag].[C-]1=CCCC2(C=CC2)C1.[CH3-].[Cl-].[I-].[Ir].[Ir].[K][K].[O]=[Ag].[c-]1ccccc1N1[CH-]N(c2ccccc2)C(c2ccccc2)=N1.[c-]1ccccc1N1[CH-]N(c2ccccc2)c2nccnc21.c1ccc(-n2c[n+](-c3ccccc3)c3nccnc32)cc1.c1ccc(C2=NN(c3ccccc3)[CH-]N2c2ccccc2)cc1. The maximum Gasteiger partial charge on any atom is 0.327 e. The quantitative estimate of drug-likeness (QED) is 0.0428. The van der Waals surface area contributed by atoms with Crippen LogP contribution in [0.1, 0.15) is 51.7 Å². The zero-order valence-corrected chi connectivity index (χ0v) is 75.5. The zero-order chi connectivity index (χ0) is 69.3. The van der Waals surface area contributed by atoms with Crippen molar-refractivity contribution < 1.29 is 128 Å². The molecule has 18 rings (SSSR count). The van der Waals surface area contributed by atoms with Gasteiger partial charge < -0.3 is 79.5 Å². The van der Waals surface area contributed by atoms with Crippen molar-refractivity contribution in [1.82, 2.24) is 24.5 Å². The molecular formula is C86H78Ag2ClIIr2K2N14O-8. The molecule has 10 aromatic carbocycles. The molecule has 15 nitrogen and oxygen atoms in total. The van der Waals surface area contributed by atoms with Gasteiger partial charge in [-0.05, 0) is 91.1 Å². The first-order chi connectivity index (χ1) is 50.1. The average molecular weight is 2160 g/mol. The summed E-state index contributed by atoms with van der Waals surface area (Å²) in [6, 6.07) is 104. The van der Waals surface area contributed by atoms with Gasteiger partial charge in [0.15, 0.2) is 0 Å². The summed E-state index contributed by atoms with van der Waals surface area (Å²) >= 11 is 4.20. The maximum atomic E-state index is 8.06. The number of benzene rings is 10. The second kappa shape index (κ2) is 50.4. The molecule has 13 aromatic rings. The van der Waals surface area contributed by atoms with Crippen LogP contribution in [0.5, 0.6) is 0 Å². The summed E-state index contributed by atoms with van der Waals surface area (Å²) in [6.07, 6.45) is 24.0. The van der Waals surface area contributed by atoms with Crippen molar-refractivity contribution in [1.29, 1.82) is 0 Å². The fraction of sp³-hybridized carbons (Fsp3) is 0.0814. The molecule has 5 aliphatic rings. The molecule has 109 heavy (non-hydrogen) atoms. The molecule has 6 heterocycles. The summed E-state index contributed by atoms with van der Waals surface area (Å²) in [7, 11) is 0. The normalized spacial score (nSPS) is 13.9. The topological polar surface area (TPSA) is 122 Å². The third kappa shape index (κ3) is 25.2. The predicted octanol–water partition coefficient (Wildman–Crippen LogP) is 12.5. The van der Waals surface area contributed by atoms with Gasteiger partial charge in [-0.2, -0.15) is 75.8 Å². The van der Waals surface area contributed by atoms with Gasteiger partial charge in [0.2, 0.25) is 6.33 Å². The van der Waals surface area contributed by atoms with Crippen LogP contribution in [0.3, 0.4) is 0 Å². The molecule has 0 saturated heterocycles. The van der Waals surface area contributed by atoms with E-state index in [9.17, 15) is 0 Å². The standard InChI is InChI=1S/C20H16N3.C20H15N3.C17H13N4.C17H12N4.C9H11.2CH4.CH3.2Ag.ClH.HI.2Ir.2K.O/c2*1-4-10-17(11-5-1)20-21-23(19-14-8-3-9-15-19)16-22(20)18-12-6-2-7-13-18;2*1-3-7-14(8-4-1)20-13-21(15-9-5-2-6-10-15)17-16(20)18-11-12-19-17;1-2-5-9(6-3-1)7-4-8-9;;;;;;;;;;;;/h1-16H;1-14,16H;1-13H;1-9,11-13H;1,4,7H,2,5-6,8H2;2*1H4;1H3;;;2*1H;;;;;/q-1;-2;+1;-2;-1;;;-1;;;;;;;;;/p-2. The van der Waals surface area contributed by atoms with Gasteiger partial charge in [-0.15, -0.1) is 36.7 Å². The summed E-state index contributed by atoms with van der Waals surface area (Å²) < 4.78 is 12.2. The first-order valence-corrected chi connectivity index (χ1v) is 49.9. The molecule has 0 fully saturated rings. The monoisotopic (exact) mass is 2160 g/mol. The Balaban J connectivity index is 0.000000284. The number of imidazole rings is 1. The maximum absolute atomic E-state index is 8.06. The third-order valence-electron chi connectivity index (χ3n) is 16.5. The van der Waals surface area contributed by atoms with Gasteiger partial charge in [0.25, 0.3) is 5.65 Å². The van der Waals surface area contributed by atoms with Crippen LogP contribution in [-0.2, 0) is 86.9 Å². The molecule has 0 bridgehead atoms. The molecule has 0 amide bonds. The van der Waals surface area contributed by atoms with Gasteiger partial charge in [-0.25, -0.2) is 19.5 Å². The number of hydrogen-bond acceptors (Lipinski definition) is 13. The van der Waals surface area contributed by atoms with Crippen molar-refractivity contribution in [3.8, 4) is 11.4 Å². The second-order valence-corrected chi connectivity index (χ2v) is 23.0. The first kappa shape index (κ1) is 95.7. The number of fused-ring (bicyclic) bond motifs is 2. The number of hydrogen-bond donors (Lipinski definition) is 0. The number of amidine groups is 2. The van der Waals surface area contributed by atoms with E-state index in [4.69, 9.17) is 13.5 Å². The van der Waals surface area contributed by atoms with Crippen molar-refractivity contribution in [3.05, 3.63) is 397 Å². The van der Waals surface area contributed by atoms with Crippen LogP contribution in [0.15, 0.2) is 351 Å². The van der Waals surface area contributed by atoms with Crippen LogP contribution < -0.4 is 70.6 Å². The fourth-order valence-corrected chi connectivity index (χ4v) is 11.6. The number of hydrazone groups is 2. The summed E-state index contributed by atoms with van der Waals surface area (Å²) in [4.78, 5) is 26.1. The summed E-state index contributed by atoms with van der Waals surface area (Å²) in [5.41, 5.74) is 12.7. The van der Waals surface area contributed by atoms with E-state index in [1.54, 1.807) is 45.8 Å². The summed E-state index contributed by atoms with van der Waals surface area (Å²) in [5, 5.41) is 13.4. The Labute approximate surface area is 766 Å². The predicted molar refractivity (Wildman–Crippen MR) is 422 cm³/mol. The van der Waals surface area contributed by atoms with Crippen molar-refractivity contribution in [2.45, 2.75) is 40.5 Å². The van der Waals surface area contributed by atoms with Crippen molar-refractivity contribution in [2.24, 2.45) is 15.6 Å². The van der Waals surface area contributed by atoms with Crippen molar-refractivity contribution in [3.63, 3.8) is 0 Å². The van der Waals surface area contributed by atoms with Crippen LogP contribution in [0.25, 0.3) is 22.7 Å². The third-order valence-corrected chi connectivity index (χ3v) is 16.5. The number of halogens is 2. The van der Waals surface area contributed by atoms with E-state index < -0.39 is 0 Å². The first-order valence-electron chi connectivity index (χ1n) is 33.3. The Bertz CT molecular complexity index is 4550. The van der Waals surface area contributed by atoms with Gasteiger partial charge >= 0.3 is 93.1 Å². The molecule has 23 heteroatoms. The molecule has 1 unspecified atom stereocenters. The Morgan fingerprint density at radius 2 is 0.853 bits per heavy atom. The van der Waals surface area contributed by atoms with E-state index >= 15 is 0 Å². The van der Waals surface area contributed by atoms with Crippen LogP contribution >= 0.6 is 0 Å². The minimum atomic E-state index is 0. The Morgan fingerprint density at radius 3 is 1.29 bits per heavy atom. The number of allylic oxidation sites excluding steroid dienone is 4. The van der Waals surface area contributed by atoms with E-state index in [2.05, 4.69) is 160 Å². The van der Waals surface area contributed by atoms with Gasteiger partial charge in [-0.3, -0.25) is 6.08 Å². The Morgan fingerprint density at radius 1 is 0.459 bits per heavy atom. The number of aromatic nitrogens is 6. The molecule has 1 spiro atoms. The van der Waals surface area contributed by atoms with Crippen LogP contribution in [0.4, 0.5) is 45.8 Å². The van der Waals surface area contributed by atoms with Crippen molar-refractivity contribution in [2.75, 3.05) is 29.6 Å². The smallest absolute Gasteiger partial charge is 0.327 e. The number of rotatable bonds is 10. The van der Waals surface area contributed by atoms with Gasteiger partial charge in [-0.1, -0.05) is 209 Å². The Hall–Kier alpha value is -5.68. The minimum absolute atomic E-state index is 0. The van der Waals surface area contributed by atoms with Gasteiger partial charge in [0.05, 0.1) is 6.20 Å². The zero-order valence-electron chi connectivity index (χ0n) is 58.6. The molecule has 1 atom stereocenters. The van der Waals surface area contributed by atoms with Crippen LogP contribution in [0, 0.1) is 51.1 Å². The van der Waals surface area contributed by atoms with E-state index in [0.717, 1.165) is 91.2 Å². The number of para-hydroxylation sites is 8. The van der Waals surface area contributed by atoms with E-state index in [0.29, 0.717) is 5.41 Å². The second-order valence-electron chi connectivity index (χ2n) is 23.0. The average Bonchev–Trinajstić information content (AvgIpc) is 1.63. The van der Waals surface area contributed by atoms with E-state index in [1.165, 1.54) is 88.8 Å². The molecule has 0 saturated carbocycles. The number of anilines is 8. The molecule has 0 N–H and O–H groups in total. The number of nitrogens with zero attached hydrogens (tertiary/aromatic N) is 14. The fourth-order valence-electron chi connectivity index (χ4n) is 11.6.